The van der Waals surface area contributed by atoms with Gasteiger partial charge in [0, 0.05) is 28.0 Å². The van der Waals surface area contributed by atoms with E-state index in [1.807, 2.05) is 71.1 Å². The molecule has 3 aromatic carbocycles. The van der Waals surface area contributed by atoms with Crippen LogP contribution < -0.4 is 20.1 Å². The van der Waals surface area contributed by atoms with Gasteiger partial charge in [-0.25, -0.2) is 9.55 Å². The largest absolute Gasteiger partial charge is 0.479 e. The SMILES string of the molecule is COc1nc(N)nc2c1nc(I)n2C1O[C@H](COP(=O)(N[C@@H](C)C(=O)O[C@@H](C)c2ccccc2)Oc2cccc3ccccc23)[C@@H](O)[C@@]1(C)O. The number of ether oxygens (including phenoxy) is 3. The van der Waals surface area contributed by atoms with Crippen LogP contribution in [0.2, 0.25) is 0 Å². The number of nitrogens with zero attached hydrogens (tertiary/aromatic N) is 4. The number of nitrogens with two attached hydrogens (primary N) is 1. The number of carbonyl (C=O) groups excluding carboxylic acids is 1. The van der Waals surface area contributed by atoms with E-state index in [9.17, 15) is 19.6 Å². The van der Waals surface area contributed by atoms with Crippen LogP contribution in [0.4, 0.5) is 5.95 Å². The van der Waals surface area contributed by atoms with E-state index in [4.69, 9.17) is 29.0 Å². The Hall–Kier alpha value is -3.90. The number of methoxy groups -OCH3 is 1. The van der Waals surface area contributed by atoms with Crippen LogP contribution in [0, 0.1) is 3.83 Å². The molecule has 17 heteroatoms. The lowest BCUT2D eigenvalue weighted by molar-refractivity contribution is -0.150. The Bertz CT molecular complexity index is 2060. The van der Waals surface area contributed by atoms with Gasteiger partial charge in [0.25, 0.3) is 0 Å². The van der Waals surface area contributed by atoms with Gasteiger partial charge in [0.15, 0.2) is 21.2 Å². The first-order chi connectivity index (χ1) is 23.8. The van der Waals surface area contributed by atoms with Crippen LogP contribution in [0.5, 0.6) is 11.6 Å². The number of esters is 1. The van der Waals surface area contributed by atoms with Crippen LogP contribution in [0.15, 0.2) is 72.8 Å². The van der Waals surface area contributed by atoms with Crippen molar-refractivity contribution in [2.75, 3.05) is 19.5 Å². The Labute approximate surface area is 300 Å². The molecule has 1 aliphatic heterocycles. The molecule has 2 unspecified atom stereocenters. The second-order valence-corrected chi connectivity index (χ2v) is 14.6. The summed E-state index contributed by atoms with van der Waals surface area (Å²) in [5.74, 6) is -0.468. The number of nitrogen functional groups attached to an aromatic ring is 1. The molecule has 264 valence electrons. The number of hydrogen-bond donors (Lipinski definition) is 4. The highest BCUT2D eigenvalue weighted by molar-refractivity contribution is 14.1. The summed E-state index contributed by atoms with van der Waals surface area (Å²) in [5, 5.41) is 27.0. The third-order valence-corrected chi connectivity index (χ3v) is 10.7. The highest BCUT2D eigenvalue weighted by Crippen LogP contribution is 2.49. The van der Waals surface area contributed by atoms with Gasteiger partial charge in [-0.1, -0.05) is 66.7 Å². The minimum absolute atomic E-state index is 0.103. The number of halogens is 1. The molecule has 6 rings (SSSR count). The number of fused-ring (bicyclic) bond motifs is 2. The van der Waals surface area contributed by atoms with E-state index in [0.29, 0.717) is 9.22 Å². The molecule has 0 amide bonds. The van der Waals surface area contributed by atoms with Crippen LogP contribution in [-0.2, 0) is 23.4 Å². The van der Waals surface area contributed by atoms with Gasteiger partial charge >= 0.3 is 13.7 Å². The van der Waals surface area contributed by atoms with E-state index < -0.39 is 56.5 Å². The molecule has 15 nitrogen and oxygen atoms in total. The molecule has 0 radical (unpaired) electrons. The summed E-state index contributed by atoms with van der Waals surface area (Å²) in [4.78, 5) is 26.0. The third-order valence-electron chi connectivity index (χ3n) is 8.31. The molecule has 0 bridgehead atoms. The minimum atomic E-state index is -4.44. The van der Waals surface area contributed by atoms with Crippen molar-refractivity contribution in [1.82, 2.24) is 24.6 Å². The monoisotopic (exact) mass is 818 g/mol. The molecule has 1 saturated heterocycles. The minimum Gasteiger partial charge on any atom is -0.479 e. The fourth-order valence-electron chi connectivity index (χ4n) is 5.67. The zero-order valence-electron chi connectivity index (χ0n) is 27.5. The fourth-order valence-corrected chi connectivity index (χ4v) is 7.91. The Balaban J connectivity index is 1.26. The van der Waals surface area contributed by atoms with E-state index in [1.165, 1.54) is 25.5 Å². The second kappa shape index (κ2) is 14.4. The summed E-state index contributed by atoms with van der Waals surface area (Å²) in [7, 11) is -3.03. The average molecular weight is 819 g/mol. The summed E-state index contributed by atoms with van der Waals surface area (Å²) in [6.45, 7) is 4.04. The lowest BCUT2D eigenvalue weighted by Gasteiger charge is -2.28. The summed E-state index contributed by atoms with van der Waals surface area (Å²) < 4.78 is 45.4. The molecule has 0 spiro atoms. The molecular formula is C33H36IN6O9P. The number of rotatable bonds is 12. The number of hydrogen-bond acceptors (Lipinski definition) is 13. The highest BCUT2D eigenvalue weighted by atomic mass is 127. The first kappa shape index (κ1) is 35.9. The van der Waals surface area contributed by atoms with Crippen molar-refractivity contribution in [3.8, 4) is 11.6 Å². The van der Waals surface area contributed by atoms with Crippen molar-refractivity contribution in [2.45, 2.75) is 57.0 Å². The maximum absolute atomic E-state index is 14.5. The van der Waals surface area contributed by atoms with Crippen LogP contribution in [0.25, 0.3) is 21.9 Å². The first-order valence-corrected chi connectivity index (χ1v) is 18.2. The van der Waals surface area contributed by atoms with Gasteiger partial charge in [-0.05, 0) is 37.8 Å². The van der Waals surface area contributed by atoms with Gasteiger partial charge in [0.1, 0.15) is 35.7 Å². The number of carbonyl (C=O) groups is 1. The van der Waals surface area contributed by atoms with E-state index in [1.54, 1.807) is 31.2 Å². The maximum Gasteiger partial charge on any atom is 0.459 e. The lowest BCUT2D eigenvalue weighted by Crippen LogP contribution is -2.45. The number of imidazole rings is 1. The molecule has 2 aromatic heterocycles. The van der Waals surface area contributed by atoms with E-state index in [-0.39, 0.29) is 28.7 Å². The Morgan fingerprint density at radius 1 is 1.10 bits per heavy atom. The topological polar surface area (TPSA) is 202 Å². The summed E-state index contributed by atoms with van der Waals surface area (Å²) in [5.41, 5.74) is 5.22. The second-order valence-electron chi connectivity index (χ2n) is 11.9. The van der Waals surface area contributed by atoms with Crippen LogP contribution >= 0.6 is 30.3 Å². The lowest BCUT2D eigenvalue weighted by atomic mass is 9.96. The smallest absolute Gasteiger partial charge is 0.459 e. The fraction of sp³-hybridized carbons (Fsp3) is 0.333. The number of aliphatic hydroxyl groups is 2. The molecule has 5 N–H and O–H groups in total. The maximum atomic E-state index is 14.5. The first-order valence-electron chi connectivity index (χ1n) is 15.6. The van der Waals surface area contributed by atoms with Crippen molar-refractivity contribution in [1.29, 1.82) is 0 Å². The van der Waals surface area contributed by atoms with E-state index in [2.05, 4.69) is 20.0 Å². The predicted octanol–water partition coefficient (Wildman–Crippen LogP) is 4.67. The van der Waals surface area contributed by atoms with Crippen LogP contribution in [-0.4, -0.2) is 73.3 Å². The normalized spacial score (nSPS) is 23.0. The van der Waals surface area contributed by atoms with Crippen LogP contribution in [0.3, 0.4) is 0 Å². The Morgan fingerprint density at radius 3 is 2.54 bits per heavy atom. The molecule has 5 aromatic rings. The van der Waals surface area contributed by atoms with E-state index in [0.717, 1.165) is 10.9 Å². The molecule has 0 aliphatic carbocycles. The number of anilines is 1. The van der Waals surface area contributed by atoms with Gasteiger partial charge in [0.2, 0.25) is 11.8 Å². The predicted molar refractivity (Wildman–Crippen MR) is 191 cm³/mol. The molecule has 3 heterocycles. The third kappa shape index (κ3) is 7.14. The Morgan fingerprint density at radius 2 is 1.80 bits per heavy atom. The van der Waals surface area contributed by atoms with Crippen LogP contribution in [0.1, 0.15) is 38.7 Å². The molecule has 0 saturated carbocycles. The van der Waals surface area contributed by atoms with Gasteiger partial charge in [-0.2, -0.15) is 15.1 Å². The molecule has 1 aliphatic rings. The Kier molecular flexibility index (Phi) is 10.3. The van der Waals surface area contributed by atoms with Crippen molar-refractivity contribution >= 4 is 64.2 Å². The zero-order chi connectivity index (χ0) is 35.8. The summed E-state index contributed by atoms with van der Waals surface area (Å²) >= 11 is 1.93. The van der Waals surface area contributed by atoms with E-state index >= 15 is 0 Å². The quantitative estimate of drug-likeness (QED) is 0.0586. The van der Waals surface area contributed by atoms with Crippen molar-refractivity contribution in [2.24, 2.45) is 0 Å². The van der Waals surface area contributed by atoms with Crippen molar-refractivity contribution in [3.63, 3.8) is 0 Å². The van der Waals surface area contributed by atoms with Crippen molar-refractivity contribution < 1.29 is 42.8 Å². The zero-order valence-corrected chi connectivity index (χ0v) is 30.5. The molecule has 1 fully saturated rings. The number of nitrogens with one attached hydrogen (secondary N) is 1. The van der Waals surface area contributed by atoms with Gasteiger partial charge in [-0.15, -0.1) is 0 Å². The highest BCUT2D eigenvalue weighted by Gasteiger charge is 2.55. The van der Waals surface area contributed by atoms with Gasteiger partial charge < -0.3 is 34.7 Å². The molecule has 50 heavy (non-hydrogen) atoms. The number of aliphatic hydroxyl groups excluding tert-OH is 1. The number of aromatic nitrogens is 4. The van der Waals surface area contributed by atoms with Gasteiger partial charge in [-0.3, -0.25) is 13.9 Å². The average Bonchev–Trinajstić information content (AvgIpc) is 3.53. The van der Waals surface area contributed by atoms with Gasteiger partial charge in [0.05, 0.1) is 13.7 Å². The molecular weight excluding hydrogens is 782 g/mol. The summed E-state index contributed by atoms with van der Waals surface area (Å²) in [6.07, 6.45) is -4.63. The number of benzene rings is 3. The van der Waals surface area contributed by atoms with Crippen molar-refractivity contribution in [3.05, 3.63) is 82.2 Å². The standard InChI is InChI=1S/C33H36IN6O9P/c1-18(29(42)47-19(2)20-11-6-5-7-12-20)39-50(44,49-23-16-10-14-21-13-8-9-15-22(21)23)46-17-24-26(41)33(3,43)30(48-24)40-27-25(36-31(40)34)28(45-4)38-32(35)37-27/h5-16,18-19,24,26,30,41,43H,17H2,1-4H3,(H,39,44)(H2,35,37,38)/t18-,19-,24+,26+,30?,33+,50?/m0/s1. The molecule has 7 atom stereocenters. The summed E-state index contributed by atoms with van der Waals surface area (Å²) in [6, 6.07) is 20.6.